The van der Waals surface area contributed by atoms with E-state index in [0.717, 1.165) is 27.7 Å². The summed E-state index contributed by atoms with van der Waals surface area (Å²) >= 11 is 3.60. The lowest BCUT2D eigenvalue weighted by molar-refractivity contribution is -0.642. The van der Waals surface area contributed by atoms with Crippen molar-refractivity contribution in [3.63, 3.8) is 0 Å². The van der Waals surface area contributed by atoms with Crippen molar-refractivity contribution in [2.75, 3.05) is 11.9 Å². The quantitative estimate of drug-likeness (QED) is 0.188. The van der Waals surface area contributed by atoms with Crippen LogP contribution in [-0.4, -0.2) is 7.05 Å². The molecule has 0 atom stereocenters. The lowest BCUT2D eigenvalue weighted by atomic mass is 10.0. The number of thioether (sulfide) groups is 1. The first kappa shape index (κ1) is 25.5. The second kappa shape index (κ2) is 10.4. The van der Waals surface area contributed by atoms with Crippen LogP contribution in [-0.2, 0) is 7.05 Å². The summed E-state index contributed by atoms with van der Waals surface area (Å²) in [5.74, 6) is 1.72. The highest BCUT2D eigenvalue weighted by Crippen LogP contribution is 2.46. The van der Waals surface area contributed by atoms with Gasteiger partial charge in [-0.1, -0.05) is 77.2 Å². The standard InChI is InChI=1S/C34H31N2OS2/c1-22(15-17-33-36(5)29-18-23(2)24(3)19-32(29)39-33)14-16-25-20-26(37-30-12-8-6-10-27(25)30)21-34-35(4)28-11-7-9-13-31(28)38-34/h6-21H,1-5H3/q+1. The lowest BCUT2D eigenvalue weighted by Crippen LogP contribution is -2.29. The van der Waals surface area contributed by atoms with Gasteiger partial charge in [0, 0.05) is 23.6 Å². The second-order valence-corrected chi connectivity index (χ2v) is 12.2. The van der Waals surface area contributed by atoms with Crippen LogP contribution in [0.2, 0.25) is 0 Å². The molecule has 0 amide bonds. The molecule has 3 aromatic carbocycles. The Bertz CT molecular complexity index is 1770. The third-order valence-electron chi connectivity index (χ3n) is 7.26. The Labute approximate surface area is 238 Å². The van der Waals surface area contributed by atoms with Crippen LogP contribution in [0.5, 0.6) is 5.75 Å². The topological polar surface area (TPSA) is 16.4 Å². The summed E-state index contributed by atoms with van der Waals surface area (Å²) < 4.78 is 9.80. The van der Waals surface area contributed by atoms with Gasteiger partial charge < -0.3 is 9.64 Å². The van der Waals surface area contributed by atoms with Gasteiger partial charge in [-0.2, -0.15) is 4.57 Å². The molecular weight excluding hydrogens is 517 g/mol. The maximum atomic E-state index is 6.31. The minimum Gasteiger partial charge on any atom is -0.456 e. The van der Waals surface area contributed by atoms with Gasteiger partial charge in [0.25, 0.3) is 5.01 Å². The van der Waals surface area contributed by atoms with Crippen molar-refractivity contribution in [2.24, 2.45) is 7.05 Å². The van der Waals surface area contributed by atoms with E-state index in [4.69, 9.17) is 4.74 Å². The van der Waals surface area contributed by atoms with E-state index in [2.05, 4.69) is 129 Å². The molecular formula is C34H31N2OS2+. The first-order valence-corrected chi connectivity index (χ1v) is 14.7. The van der Waals surface area contributed by atoms with Crippen LogP contribution in [0, 0.1) is 13.8 Å². The third kappa shape index (κ3) is 5.00. The number of anilines is 1. The average Bonchev–Trinajstić information content (AvgIpc) is 3.41. The van der Waals surface area contributed by atoms with E-state index in [9.17, 15) is 0 Å². The molecule has 3 heterocycles. The minimum atomic E-state index is 0.839. The van der Waals surface area contributed by atoms with Crippen LogP contribution >= 0.6 is 23.1 Å². The van der Waals surface area contributed by atoms with Gasteiger partial charge >= 0.3 is 0 Å². The fourth-order valence-corrected chi connectivity index (χ4v) is 7.03. The minimum absolute atomic E-state index is 0.839. The van der Waals surface area contributed by atoms with Gasteiger partial charge in [-0.05, 0) is 73.9 Å². The predicted octanol–water partition coefficient (Wildman–Crippen LogP) is 8.75. The first-order valence-electron chi connectivity index (χ1n) is 13.0. The summed E-state index contributed by atoms with van der Waals surface area (Å²) in [6.45, 7) is 6.50. The fourth-order valence-electron chi connectivity index (χ4n) is 4.80. The number of allylic oxidation sites excluding steroid dienone is 7. The van der Waals surface area contributed by atoms with Gasteiger partial charge in [0.1, 0.15) is 23.3 Å². The van der Waals surface area contributed by atoms with E-state index < -0.39 is 0 Å². The van der Waals surface area contributed by atoms with Crippen LogP contribution in [0.3, 0.4) is 0 Å². The Hall–Kier alpha value is -3.80. The molecule has 0 radical (unpaired) electrons. The number of benzene rings is 3. The van der Waals surface area contributed by atoms with Crippen molar-refractivity contribution in [1.82, 2.24) is 0 Å². The van der Waals surface area contributed by atoms with Gasteiger partial charge in [-0.25, -0.2) is 0 Å². The molecule has 2 aliphatic heterocycles. The number of aryl methyl sites for hydroxylation is 3. The molecule has 0 saturated heterocycles. The molecule has 1 aromatic heterocycles. The number of hydrogen-bond acceptors (Lipinski definition) is 4. The van der Waals surface area contributed by atoms with Crippen molar-refractivity contribution in [3.8, 4) is 5.75 Å². The second-order valence-electron chi connectivity index (χ2n) is 10.0. The van der Waals surface area contributed by atoms with Crippen LogP contribution in [0.1, 0.15) is 28.6 Å². The average molecular weight is 548 g/mol. The molecule has 0 N–H and O–H groups in total. The Morgan fingerprint density at radius 1 is 1.00 bits per heavy atom. The number of aromatic nitrogens is 1. The molecule has 0 unspecified atom stereocenters. The molecule has 5 heteroatoms. The van der Waals surface area contributed by atoms with Crippen molar-refractivity contribution in [1.29, 1.82) is 0 Å². The molecule has 4 aromatic rings. The fraction of sp³-hybridized carbons (Fsp3) is 0.147. The molecule has 2 aliphatic rings. The summed E-state index contributed by atoms with van der Waals surface area (Å²) in [5, 5.41) is 2.39. The van der Waals surface area contributed by atoms with E-state index in [1.807, 2.05) is 23.9 Å². The number of hydrogen-bond donors (Lipinski definition) is 0. The highest BCUT2D eigenvalue weighted by molar-refractivity contribution is 8.03. The van der Waals surface area contributed by atoms with E-state index in [1.165, 1.54) is 42.5 Å². The molecule has 39 heavy (non-hydrogen) atoms. The van der Waals surface area contributed by atoms with E-state index in [1.54, 1.807) is 11.3 Å². The molecule has 0 fully saturated rings. The summed E-state index contributed by atoms with van der Waals surface area (Å²) in [6, 6.07) is 21.3. The zero-order valence-electron chi connectivity index (χ0n) is 22.9. The molecule has 3 nitrogen and oxygen atoms in total. The third-order valence-corrected chi connectivity index (χ3v) is 9.59. The molecule has 6 rings (SSSR count). The van der Waals surface area contributed by atoms with Crippen molar-refractivity contribution < 1.29 is 9.30 Å². The maximum absolute atomic E-state index is 6.31. The highest BCUT2D eigenvalue weighted by Gasteiger charge is 2.22. The number of rotatable bonds is 4. The number of para-hydroxylation sites is 2. The first-order chi connectivity index (χ1) is 18.9. The number of nitrogens with zero attached hydrogens (tertiary/aromatic N) is 2. The van der Waals surface area contributed by atoms with Gasteiger partial charge in [0.05, 0.1) is 16.8 Å². The maximum Gasteiger partial charge on any atom is 0.266 e. The van der Waals surface area contributed by atoms with Crippen LogP contribution in [0.4, 0.5) is 5.69 Å². The molecule has 194 valence electrons. The predicted molar refractivity (Wildman–Crippen MR) is 167 cm³/mol. The summed E-state index contributed by atoms with van der Waals surface area (Å²) in [5.41, 5.74) is 8.60. The number of fused-ring (bicyclic) bond motifs is 3. The molecule has 0 saturated carbocycles. The summed E-state index contributed by atoms with van der Waals surface area (Å²) in [4.78, 5) is 3.60. The Kier molecular flexibility index (Phi) is 6.79. The SMILES string of the molecule is CC(C=CC1=CC(=Cc2sc3ccccc3[n+]2C)Oc2ccccc21)=CC=C1Sc2cc(C)c(C)cc2N1C. The van der Waals surface area contributed by atoms with Crippen molar-refractivity contribution in [3.05, 3.63) is 129 Å². The largest absolute Gasteiger partial charge is 0.456 e. The number of thiazole rings is 1. The lowest BCUT2D eigenvalue weighted by Gasteiger charge is -2.18. The number of ether oxygens (including phenoxy) is 1. The van der Waals surface area contributed by atoms with Crippen LogP contribution in [0.25, 0.3) is 21.9 Å². The van der Waals surface area contributed by atoms with Gasteiger partial charge in [0.15, 0.2) is 0 Å². The zero-order chi connectivity index (χ0) is 27.1. The highest BCUT2D eigenvalue weighted by atomic mass is 32.2. The molecule has 0 spiro atoms. The van der Waals surface area contributed by atoms with Crippen LogP contribution < -0.4 is 14.2 Å². The van der Waals surface area contributed by atoms with Gasteiger partial charge in [-0.15, -0.1) is 0 Å². The Morgan fingerprint density at radius 2 is 1.77 bits per heavy atom. The molecule has 0 bridgehead atoms. The normalized spacial score (nSPS) is 17.2. The van der Waals surface area contributed by atoms with E-state index in [-0.39, 0.29) is 0 Å². The molecule has 0 aliphatic carbocycles. The summed E-state index contributed by atoms with van der Waals surface area (Å²) in [6.07, 6.45) is 13.1. The van der Waals surface area contributed by atoms with Crippen LogP contribution in [0.15, 0.2) is 112 Å². The van der Waals surface area contributed by atoms with E-state index >= 15 is 0 Å². The van der Waals surface area contributed by atoms with Crippen molar-refractivity contribution in [2.45, 2.75) is 25.7 Å². The smallest absolute Gasteiger partial charge is 0.266 e. The van der Waals surface area contributed by atoms with Crippen molar-refractivity contribution >= 4 is 50.7 Å². The zero-order valence-corrected chi connectivity index (χ0v) is 24.5. The summed E-state index contributed by atoms with van der Waals surface area (Å²) in [7, 11) is 4.25. The van der Waals surface area contributed by atoms with Gasteiger partial charge in [-0.3, -0.25) is 0 Å². The Morgan fingerprint density at radius 3 is 2.62 bits per heavy atom. The Balaban J connectivity index is 1.28. The van der Waals surface area contributed by atoms with E-state index in [0.29, 0.717) is 0 Å². The monoisotopic (exact) mass is 547 g/mol. The van der Waals surface area contributed by atoms with Gasteiger partial charge in [0.2, 0.25) is 5.52 Å².